The average Bonchev–Trinajstić information content (AvgIpc) is 3.08. The van der Waals surface area contributed by atoms with Crippen LogP contribution in [-0.4, -0.2) is 32.8 Å². The number of nitrogens with one attached hydrogen (secondary N) is 1. The van der Waals surface area contributed by atoms with E-state index in [4.69, 9.17) is 28.6 Å². The Balaban J connectivity index is 1.52. The van der Waals surface area contributed by atoms with Gasteiger partial charge in [0, 0.05) is 42.2 Å². The highest BCUT2D eigenvalue weighted by Crippen LogP contribution is 2.16. The van der Waals surface area contributed by atoms with Crippen LogP contribution in [0.5, 0.6) is 0 Å². The molecule has 1 N–H and O–H groups in total. The first-order chi connectivity index (χ1) is 16.3. The molecule has 0 unspecified atom stereocenters. The Kier molecular flexibility index (Phi) is 7.20. The topological polar surface area (TPSA) is 71.1 Å². The van der Waals surface area contributed by atoms with Crippen molar-refractivity contribution in [2.45, 2.75) is 26.1 Å². The van der Waals surface area contributed by atoms with E-state index in [1.807, 2.05) is 42.5 Å². The van der Waals surface area contributed by atoms with Crippen LogP contribution in [0.25, 0.3) is 11.0 Å². The lowest BCUT2D eigenvalue weighted by atomic mass is 10.1. The first kappa shape index (κ1) is 23.8. The number of fused-ring (bicyclic) bond motifs is 1. The van der Waals surface area contributed by atoms with Crippen LogP contribution in [0.2, 0.25) is 10.0 Å². The van der Waals surface area contributed by atoms with Gasteiger partial charge in [0.1, 0.15) is 0 Å². The highest BCUT2D eigenvalue weighted by Gasteiger charge is 2.16. The number of hydrogen-bond donors (Lipinski definition) is 1. The number of halogens is 2. The molecule has 4 aromatic rings. The molecule has 0 aliphatic rings. The Hall–Kier alpha value is -3.35. The van der Waals surface area contributed by atoms with Gasteiger partial charge in [-0.05, 0) is 54.1 Å². The van der Waals surface area contributed by atoms with Gasteiger partial charge in [-0.2, -0.15) is 0 Å². The number of amides is 1. The first-order valence-electron chi connectivity index (χ1n) is 10.8. The number of aryl methyl sites for hydroxylation is 1. The van der Waals surface area contributed by atoms with E-state index in [2.05, 4.69) is 0 Å². The second kappa shape index (κ2) is 10.3. The molecule has 4 rings (SSSR count). The third-order valence-electron chi connectivity index (χ3n) is 5.73. The summed E-state index contributed by atoms with van der Waals surface area (Å²) in [5.74, 6) is -0.156. The number of hydrogen-bond acceptors (Lipinski definition) is 3. The van der Waals surface area contributed by atoms with E-state index in [9.17, 15) is 9.59 Å². The molecular formula is C26H24Cl2N4O2. The Morgan fingerprint density at radius 3 is 2.24 bits per heavy atom. The van der Waals surface area contributed by atoms with Gasteiger partial charge in [0.25, 0.3) is 0 Å². The van der Waals surface area contributed by atoms with Crippen molar-refractivity contribution in [3.05, 3.63) is 99.6 Å². The number of imidazole rings is 1. The van der Waals surface area contributed by atoms with Crippen LogP contribution in [0.3, 0.4) is 0 Å². The fourth-order valence-corrected chi connectivity index (χ4v) is 4.29. The number of para-hydroxylation sites is 2. The number of carbonyl (C=O) groups is 2. The van der Waals surface area contributed by atoms with Gasteiger partial charge in [0.05, 0.1) is 17.6 Å². The predicted octanol–water partition coefficient (Wildman–Crippen LogP) is 5.16. The molecule has 0 spiro atoms. The average molecular weight is 495 g/mol. The summed E-state index contributed by atoms with van der Waals surface area (Å²) in [6.45, 7) is 0.811. The zero-order chi connectivity index (χ0) is 24.2. The normalized spacial score (nSPS) is 11.0. The van der Waals surface area contributed by atoms with Gasteiger partial charge in [-0.1, -0.05) is 47.5 Å². The van der Waals surface area contributed by atoms with E-state index in [0.29, 0.717) is 28.7 Å². The number of benzene rings is 3. The molecule has 1 amide bonds. The van der Waals surface area contributed by atoms with Crippen LogP contribution in [0.15, 0.2) is 72.8 Å². The molecule has 1 aromatic heterocycles. The zero-order valence-electron chi connectivity index (χ0n) is 18.7. The van der Waals surface area contributed by atoms with Gasteiger partial charge in [-0.3, -0.25) is 15.0 Å². The largest absolute Gasteiger partial charge is 0.341 e. The maximum Gasteiger partial charge on any atom is 0.224 e. The highest BCUT2D eigenvalue weighted by atomic mass is 35.5. The highest BCUT2D eigenvalue weighted by molar-refractivity contribution is 6.30. The van der Waals surface area contributed by atoms with Crippen molar-refractivity contribution >= 4 is 45.9 Å². The molecular weight excluding hydrogens is 471 g/mol. The number of carbonyl (C=O) groups excluding carboxylic acids is 2. The maximum atomic E-state index is 12.9. The minimum absolute atomic E-state index is 0.0244. The lowest BCUT2D eigenvalue weighted by Gasteiger charge is -2.17. The van der Waals surface area contributed by atoms with E-state index in [1.54, 1.807) is 51.4 Å². The molecule has 6 nitrogen and oxygen atoms in total. The second-order valence-electron chi connectivity index (χ2n) is 8.11. The predicted molar refractivity (Wildman–Crippen MR) is 134 cm³/mol. The minimum Gasteiger partial charge on any atom is -0.341 e. The van der Waals surface area contributed by atoms with E-state index in [1.165, 1.54) is 0 Å². The quantitative estimate of drug-likeness (QED) is 0.343. The van der Waals surface area contributed by atoms with E-state index in [-0.39, 0.29) is 30.3 Å². The van der Waals surface area contributed by atoms with Crippen molar-refractivity contribution in [2.75, 3.05) is 7.05 Å². The number of nitrogens with zero attached hydrogens (tertiary/aromatic N) is 3. The van der Waals surface area contributed by atoms with Crippen molar-refractivity contribution in [3.63, 3.8) is 0 Å². The molecule has 0 saturated heterocycles. The van der Waals surface area contributed by atoms with Gasteiger partial charge >= 0.3 is 0 Å². The van der Waals surface area contributed by atoms with Crippen LogP contribution < -0.4 is 5.62 Å². The summed E-state index contributed by atoms with van der Waals surface area (Å²) in [6.07, 6.45) is 0.229. The van der Waals surface area contributed by atoms with Gasteiger partial charge < -0.3 is 14.0 Å². The third-order valence-corrected chi connectivity index (χ3v) is 6.21. The van der Waals surface area contributed by atoms with Crippen molar-refractivity contribution in [2.24, 2.45) is 0 Å². The number of aromatic nitrogens is 2. The van der Waals surface area contributed by atoms with E-state index in [0.717, 1.165) is 16.6 Å². The summed E-state index contributed by atoms with van der Waals surface area (Å²) >= 11 is 12.0. The molecule has 0 saturated carbocycles. The molecule has 0 aliphatic carbocycles. The Morgan fingerprint density at radius 2 is 1.56 bits per heavy atom. The lowest BCUT2D eigenvalue weighted by Crippen LogP contribution is -2.31. The summed E-state index contributed by atoms with van der Waals surface area (Å²) < 4.78 is 3.45. The van der Waals surface area contributed by atoms with Crippen LogP contribution in [0.4, 0.5) is 0 Å². The van der Waals surface area contributed by atoms with Gasteiger partial charge in [-0.25, -0.2) is 0 Å². The van der Waals surface area contributed by atoms with Gasteiger partial charge in [0.15, 0.2) is 5.78 Å². The molecule has 8 heteroatoms. The zero-order valence-corrected chi connectivity index (χ0v) is 20.2. The number of ketones is 1. The van der Waals surface area contributed by atoms with E-state index < -0.39 is 0 Å². The monoisotopic (exact) mass is 494 g/mol. The molecule has 0 fully saturated rings. The molecule has 0 aliphatic heterocycles. The molecule has 0 atom stereocenters. The van der Waals surface area contributed by atoms with Crippen LogP contribution >= 0.6 is 23.2 Å². The van der Waals surface area contributed by atoms with Crippen LogP contribution in [-0.2, 0) is 24.4 Å². The smallest absolute Gasteiger partial charge is 0.224 e. The van der Waals surface area contributed by atoms with Crippen LogP contribution in [0.1, 0.15) is 22.3 Å². The summed E-state index contributed by atoms with van der Waals surface area (Å²) in [6, 6.07) is 21.7. The lowest BCUT2D eigenvalue weighted by molar-refractivity contribution is -0.130. The molecule has 174 valence electrons. The third kappa shape index (κ3) is 5.24. The van der Waals surface area contributed by atoms with Gasteiger partial charge in [0.2, 0.25) is 11.5 Å². The van der Waals surface area contributed by atoms with Crippen molar-refractivity contribution in [1.82, 2.24) is 14.0 Å². The molecule has 34 heavy (non-hydrogen) atoms. The second-order valence-corrected chi connectivity index (χ2v) is 8.98. The Labute approximate surface area is 207 Å². The van der Waals surface area contributed by atoms with E-state index >= 15 is 0 Å². The number of Topliss-reactive ketones (excluding diaryl/α,β-unsaturated/α-hetero) is 1. The molecule has 0 bridgehead atoms. The Bertz CT molecular complexity index is 1410. The maximum absolute atomic E-state index is 12.9. The SMILES string of the molecule is CN(Cc1cccc(Cl)c1)C(=O)CCn1c(=N)n(CC(=O)c2ccc(Cl)cc2)c2ccccc21. The summed E-state index contributed by atoms with van der Waals surface area (Å²) in [7, 11) is 1.75. The summed E-state index contributed by atoms with van der Waals surface area (Å²) in [5, 5.41) is 9.93. The molecule has 3 aromatic carbocycles. The minimum atomic E-state index is -0.115. The van der Waals surface area contributed by atoms with Crippen LogP contribution in [0, 0.1) is 5.41 Å². The summed E-state index contributed by atoms with van der Waals surface area (Å²) in [4.78, 5) is 27.3. The fourth-order valence-electron chi connectivity index (χ4n) is 3.95. The summed E-state index contributed by atoms with van der Waals surface area (Å²) in [5.41, 5.74) is 3.24. The van der Waals surface area contributed by atoms with Crippen molar-refractivity contribution in [1.29, 1.82) is 5.41 Å². The van der Waals surface area contributed by atoms with Gasteiger partial charge in [-0.15, -0.1) is 0 Å². The van der Waals surface area contributed by atoms with Crippen molar-refractivity contribution < 1.29 is 9.59 Å². The molecule has 0 radical (unpaired) electrons. The standard InChI is InChI=1S/C26H24Cl2N4O2/c1-30(16-18-5-4-6-21(28)15-18)25(34)13-14-31-22-7-2-3-8-23(22)32(26(31)29)17-24(33)19-9-11-20(27)12-10-19/h2-12,15,29H,13-14,16-17H2,1H3. The molecule has 1 heterocycles. The first-order valence-corrected chi connectivity index (χ1v) is 11.6. The number of rotatable bonds is 8. The Morgan fingerprint density at radius 1 is 0.882 bits per heavy atom. The fraction of sp³-hybridized carbons (Fsp3) is 0.192. The van der Waals surface area contributed by atoms with Crippen molar-refractivity contribution in [3.8, 4) is 0 Å².